The average molecular weight is 308 g/mol. The van der Waals surface area contributed by atoms with Crippen LogP contribution in [0.25, 0.3) is 0 Å². The highest BCUT2D eigenvalue weighted by atomic mass is 19.4. The van der Waals surface area contributed by atoms with Crippen LogP contribution in [0.2, 0.25) is 0 Å². The molecule has 118 valence electrons. The number of ether oxygens (including phenoxy) is 3. The number of aromatic nitrogens is 1. The van der Waals surface area contributed by atoms with Gasteiger partial charge in [0, 0.05) is 18.3 Å². The number of hydrogen-bond acceptors (Lipinski definition) is 6. The Bertz CT molecular complexity index is 506. The summed E-state index contributed by atoms with van der Waals surface area (Å²) in [7, 11) is 1.15. The van der Waals surface area contributed by atoms with Crippen molar-refractivity contribution >= 4 is 5.97 Å². The molecule has 0 atom stereocenters. The van der Waals surface area contributed by atoms with Crippen LogP contribution in [0.15, 0.2) is 6.20 Å². The maximum atomic E-state index is 12.5. The van der Waals surface area contributed by atoms with Gasteiger partial charge in [-0.05, 0) is 6.92 Å². The zero-order chi connectivity index (χ0) is 16.0. The van der Waals surface area contributed by atoms with Gasteiger partial charge in [0.2, 0.25) is 0 Å². The molecule has 1 heterocycles. The molecular formula is C12H15F3N2O4. The number of pyridine rings is 1. The third kappa shape index (κ3) is 4.78. The summed E-state index contributed by atoms with van der Waals surface area (Å²) in [5.74, 6) is -1.52. The molecule has 21 heavy (non-hydrogen) atoms. The monoisotopic (exact) mass is 308 g/mol. The van der Waals surface area contributed by atoms with Crippen LogP contribution in [0.4, 0.5) is 13.2 Å². The minimum Gasteiger partial charge on any atom is -0.491 e. The molecule has 0 bridgehead atoms. The fourth-order valence-electron chi connectivity index (χ4n) is 1.61. The fourth-order valence-corrected chi connectivity index (χ4v) is 1.61. The van der Waals surface area contributed by atoms with Crippen molar-refractivity contribution in [3.05, 3.63) is 17.5 Å². The minimum atomic E-state index is -4.92. The number of rotatable bonds is 6. The molecule has 0 spiro atoms. The van der Waals surface area contributed by atoms with Crippen molar-refractivity contribution in [2.24, 2.45) is 5.73 Å². The van der Waals surface area contributed by atoms with E-state index in [0.717, 1.165) is 13.3 Å². The summed E-state index contributed by atoms with van der Waals surface area (Å²) in [6.45, 7) is 1.53. The Morgan fingerprint density at radius 2 is 2.05 bits per heavy atom. The van der Waals surface area contributed by atoms with Gasteiger partial charge < -0.3 is 19.9 Å². The number of halogens is 3. The van der Waals surface area contributed by atoms with Crippen LogP contribution >= 0.6 is 0 Å². The topological polar surface area (TPSA) is 83.7 Å². The summed E-state index contributed by atoms with van der Waals surface area (Å²) in [4.78, 5) is 15.3. The van der Waals surface area contributed by atoms with Gasteiger partial charge in [-0.2, -0.15) is 0 Å². The Hall–Kier alpha value is -2.03. The number of esters is 1. The highest BCUT2D eigenvalue weighted by molar-refractivity contribution is 5.73. The smallest absolute Gasteiger partial charge is 0.491 e. The van der Waals surface area contributed by atoms with Gasteiger partial charge in [-0.15, -0.1) is 13.2 Å². The van der Waals surface area contributed by atoms with Crippen LogP contribution in [0.5, 0.6) is 11.5 Å². The largest absolute Gasteiger partial charge is 0.573 e. The number of carbonyl (C=O) groups is 1. The van der Waals surface area contributed by atoms with E-state index in [9.17, 15) is 18.0 Å². The van der Waals surface area contributed by atoms with E-state index in [1.54, 1.807) is 6.92 Å². The van der Waals surface area contributed by atoms with Crippen molar-refractivity contribution < 1.29 is 32.2 Å². The summed E-state index contributed by atoms with van der Waals surface area (Å²) in [5, 5.41) is 0. The Kier molecular flexibility index (Phi) is 5.77. The molecule has 0 aliphatic heterocycles. The molecular weight excluding hydrogens is 293 g/mol. The molecule has 2 N–H and O–H groups in total. The molecule has 0 radical (unpaired) electrons. The zero-order valence-electron chi connectivity index (χ0n) is 11.5. The van der Waals surface area contributed by atoms with Crippen molar-refractivity contribution in [3.63, 3.8) is 0 Å². The molecule has 6 nitrogen and oxygen atoms in total. The van der Waals surface area contributed by atoms with Gasteiger partial charge in [-0.1, -0.05) is 0 Å². The van der Waals surface area contributed by atoms with Gasteiger partial charge in [0.15, 0.2) is 11.5 Å². The number of methoxy groups -OCH3 is 1. The van der Waals surface area contributed by atoms with Crippen LogP contribution in [0, 0.1) is 0 Å². The van der Waals surface area contributed by atoms with Gasteiger partial charge in [0.25, 0.3) is 0 Å². The van der Waals surface area contributed by atoms with Crippen molar-refractivity contribution in [1.82, 2.24) is 4.98 Å². The van der Waals surface area contributed by atoms with Crippen LogP contribution in [-0.2, 0) is 22.5 Å². The lowest BCUT2D eigenvalue weighted by molar-refractivity contribution is -0.275. The first kappa shape index (κ1) is 17.0. The standard InChI is InChI=1S/C12H15F3N2O4/c1-3-20-9(18)4-8-11(19-2)10(21-12(13,14)15)7(5-16)6-17-8/h6H,3-5,16H2,1-2H3. The third-order valence-electron chi connectivity index (χ3n) is 2.40. The molecule has 0 aliphatic carbocycles. The summed E-state index contributed by atoms with van der Waals surface area (Å²) in [6, 6.07) is 0. The van der Waals surface area contributed by atoms with Crippen molar-refractivity contribution in [3.8, 4) is 11.5 Å². The molecule has 0 saturated heterocycles. The van der Waals surface area contributed by atoms with Gasteiger partial charge in [0.05, 0.1) is 25.8 Å². The Morgan fingerprint density at radius 3 is 2.52 bits per heavy atom. The molecule has 9 heteroatoms. The number of nitrogens with two attached hydrogens (primary N) is 1. The van der Waals surface area contributed by atoms with E-state index < -0.39 is 18.1 Å². The Morgan fingerprint density at radius 1 is 1.38 bits per heavy atom. The highest BCUT2D eigenvalue weighted by Crippen LogP contribution is 2.37. The number of hydrogen-bond donors (Lipinski definition) is 1. The predicted octanol–water partition coefficient (Wildman–Crippen LogP) is 1.55. The van der Waals surface area contributed by atoms with Crippen molar-refractivity contribution in [1.29, 1.82) is 0 Å². The van der Waals surface area contributed by atoms with E-state index >= 15 is 0 Å². The highest BCUT2D eigenvalue weighted by Gasteiger charge is 2.34. The quantitative estimate of drug-likeness (QED) is 0.803. The van der Waals surface area contributed by atoms with Crippen LogP contribution < -0.4 is 15.2 Å². The van der Waals surface area contributed by atoms with E-state index in [2.05, 4.69) is 9.72 Å². The van der Waals surface area contributed by atoms with Crippen molar-refractivity contribution in [2.45, 2.75) is 26.3 Å². The molecule has 1 aromatic rings. The molecule has 0 saturated carbocycles. The van der Waals surface area contributed by atoms with Gasteiger partial charge in [0.1, 0.15) is 0 Å². The van der Waals surface area contributed by atoms with Crippen LogP contribution in [-0.4, -0.2) is 31.0 Å². The first-order valence-electron chi connectivity index (χ1n) is 5.98. The molecule has 0 amide bonds. The Balaban J connectivity index is 3.22. The van der Waals surface area contributed by atoms with Gasteiger partial charge >= 0.3 is 12.3 Å². The first-order chi connectivity index (χ1) is 9.82. The SMILES string of the molecule is CCOC(=O)Cc1ncc(CN)c(OC(F)(F)F)c1OC. The second-order valence-corrected chi connectivity index (χ2v) is 3.83. The van der Waals surface area contributed by atoms with Gasteiger partial charge in [-0.3, -0.25) is 9.78 Å². The minimum absolute atomic E-state index is 0.0109. The van der Waals surface area contributed by atoms with Crippen LogP contribution in [0.1, 0.15) is 18.2 Å². The molecule has 0 aliphatic rings. The maximum absolute atomic E-state index is 12.5. The molecule has 0 fully saturated rings. The van der Waals surface area contributed by atoms with E-state index in [1.807, 2.05) is 0 Å². The van der Waals surface area contributed by atoms with E-state index in [-0.39, 0.29) is 36.6 Å². The molecule has 0 aromatic carbocycles. The summed E-state index contributed by atoms with van der Waals surface area (Å²) in [5.41, 5.74) is 5.35. The number of alkyl halides is 3. The summed E-state index contributed by atoms with van der Waals surface area (Å²) >= 11 is 0. The normalized spacial score (nSPS) is 11.1. The lowest BCUT2D eigenvalue weighted by Gasteiger charge is -2.17. The second kappa shape index (κ2) is 7.11. The lowest BCUT2D eigenvalue weighted by atomic mass is 10.1. The fraction of sp³-hybridized carbons (Fsp3) is 0.500. The molecule has 1 aromatic heterocycles. The predicted molar refractivity (Wildman–Crippen MR) is 65.7 cm³/mol. The first-order valence-corrected chi connectivity index (χ1v) is 5.98. The third-order valence-corrected chi connectivity index (χ3v) is 2.40. The van der Waals surface area contributed by atoms with Gasteiger partial charge in [-0.25, -0.2) is 0 Å². The summed E-state index contributed by atoms with van der Waals surface area (Å²) in [6.07, 6.45) is -4.14. The van der Waals surface area contributed by atoms with Crippen LogP contribution in [0.3, 0.4) is 0 Å². The van der Waals surface area contributed by atoms with E-state index in [0.29, 0.717) is 0 Å². The number of nitrogens with zero attached hydrogens (tertiary/aromatic N) is 1. The maximum Gasteiger partial charge on any atom is 0.573 e. The van der Waals surface area contributed by atoms with E-state index in [4.69, 9.17) is 15.2 Å². The number of carbonyl (C=O) groups excluding carboxylic acids is 1. The van der Waals surface area contributed by atoms with E-state index in [1.165, 1.54) is 0 Å². The second-order valence-electron chi connectivity index (χ2n) is 3.83. The summed E-state index contributed by atoms with van der Waals surface area (Å²) < 4.78 is 50.9. The van der Waals surface area contributed by atoms with Crippen molar-refractivity contribution in [2.75, 3.05) is 13.7 Å². The Labute approximate surface area is 119 Å². The lowest BCUT2D eigenvalue weighted by Crippen LogP contribution is -2.20. The molecule has 1 rings (SSSR count). The molecule has 0 unspecified atom stereocenters. The zero-order valence-corrected chi connectivity index (χ0v) is 11.5. The average Bonchev–Trinajstić information content (AvgIpc) is 2.37.